The molecule has 1 saturated heterocycles. The van der Waals surface area contributed by atoms with Crippen molar-refractivity contribution in [1.82, 2.24) is 14.8 Å². The second kappa shape index (κ2) is 8.39. The lowest BCUT2D eigenvalue weighted by atomic mass is 10.00. The molecule has 8 heteroatoms. The Morgan fingerprint density at radius 2 is 1.80 bits per heavy atom. The average Bonchev–Trinajstić information content (AvgIpc) is 3.42. The first-order chi connectivity index (χ1) is 14.5. The van der Waals surface area contributed by atoms with Gasteiger partial charge in [0, 0.05) is 26.1 Å². The van der Waals surface area contributed by atoms with Gasteiger partial charge in [-0.2, -0.15) is 5.10 Å². The molecule has 0 bridgehead atoms. The number of hydrazone groups is 1. The number of hydrogen-bond donors (Lipinski definition) is 0. The molecule has 1 fully saturated rings. The van der Waals surface area contributed by atoms with Gasteiger partial charge in [0.2, 0.25) is 0 Å². The second-order valence-electron chi connectivity index (χ2n) is 7.50. The highest BCUT2D eigenvalue weighted by atomic mass is 32.1. The number of likely N-dealkylation sites (N-methyl/N-ethyl adjacent to an activating group) is 1. The summed E-state index contributed by atoms with van der Waals surface area (Å²) < 4.78 is 0. The molecule has 7 nitrogen and oxygen atoms in total. The van der Waals surface area contributed by atoms with E-state index in [4.69, 9.17) is 0 Å². The summed E-state index contributed by atoms with van der Waals surface area (Å²) in [5, 5.41) is 8.11. The summed E-state index contributed by atoms with van der Waals surface area (Å²) in [7, 11) is 0. The summed E-state index contributed by atoms with van der Waals surface area (Å²) in [5.41, 5.74) is 3.01. The highest BCUT2D eigenvalue weighted by Gasteiger charge is 2.37. The van der Waals surface area contributed by atoms with Gasteiger partial charge >= 0.3 is 11.8 Å². The van der Waals surface area contributed by atoms with Crippen molar-refractivity contribution in [2.24, 2.45) is 5.10 Å². The molecule has 4 rings (SSSR count). The van der Waals surface area contributed by atoms with Crippen LogP contribution in [0, 0.1) is 6.92 Å². The molecule has 0 aliphatic carbocycles. The maximum Gasteiger partial charge on any atom is 0.312 e. The highest BCUT2D eigenvalue weighted by molar-refractivity contribution is 7.12. The van der Waals surface area contributed by atoms with E-state index in [0.717, 1.165) is 21.7 Å². The van der Waals surface area contributed by atoms with Crippen LogP contribution in [0.4, 0.5) is 0 Å². The molecule has 0 saturated carbocycles. The van der Waals surface area contributed by atoms with E-state index in [1.165, 1.54) is 14.8 Å². The molecule has 156 valence electrons. The molecule has 2 aliphatic heterocycles. The van der Waals surface area contributed by atoms with Gasteiger partial charge in [-0.1, -0.05) is 35.9 Å². The summed E-state index contributed by atoms with van der Waals surface area (Å²) in [4.78, 5) is 41.6. The predicted octanol–water partition coefficient (Wildman–Crippen LogP) is 2.42. The third-order valence-corrected chi connectivity index (χ3v) is 6.46. The van der Waals surface area contributed by atoms with Crippen molar-refractivity contribution in [1.29, 1.82) is 0 Å². The Hall–Kier alpha value is -3.00. The minimum atomic E-state index is -0.620. The van der Waals surface area contributed by atoms with Gasteiger partial charge in [0.15, 0.2) is 0 Å². The van der Waals surface area contributed by atoms with Gasteiger partial charge in [0.1, 0.15) is 6.54 Å². The average molecular weight is 425 g/mol. The van der Waals surface area contributed by atoms with Gasteiger partial charge < -0.3 is 9.80 Å². The minimum Gasteiger partial charge on any atom is -0.333 e. The van der Waals surface area contributed by atoms with E-state index in [1.54, 1.807) is 11.3 Å². The number of hydrogen-bond acceptors (Lipinski definition) is 5. The fourth-order valence-electron chi connectivity index (χ4n) is 3.78. The van der Waals surface area contributed by atoms with Crippen LogP contribution in [0.25, 0.3) is 0 Å². The molecule has 3 amide bonds. The van der Waals surface area contributed by atoms with Gasteiger partial charge in [-0.25, -0.2) is 5.01 Å². The van der Waals surface area contributed by atoms with E-state index in [1.807, 2.05) is 55.6 Å². The number of amides is 3. The van der Waals surface area contributed by atoms with Crippen LogP contribution in [-0.2, 0) is 14.4 Å². The van der Waals surface area contributed by atoms with Crippen LogP contribution in [0.15, 0.2) is 46.9 Å². The Morgan fingerprint density at radius 3 is 2.47 bits per heavy atom. The Kier molecular flexibility index (Phi) is 5.67. The number of rotatable bonds is 5. The topological polar surface area (TPSA) is 73.3 Å². The largest absolute Gasteiger partial charge is 0.333 e. The quantitative estimate of drug-likeness (QED) is 0.692. The van der Waals surface area contributed by atoms with Crippen LogP contribution in [0.1, 0.15) is 35.4 Å². The van der Waals surface area contributed by atoms with Crippen molar-refractivity contribution in [2.45, 2.75) is 26.3 Å². The fraction of sp³-hybridized carbons (Fsp3) is 0.364. The SMILES string of the molecule is CCN1CCN(CC(=O)N2N=C(c3cccs3)C[C@@H]2c2ccc(C)cc2)C(=O)C1=O. The number of aryl methyl sites for hydroxylation is 1. The fourth-order valence-corrected chi connectivity index (χ4v) is 4.50. The molecule has 3 heterocycles. The summed E-state index contributed by atoms with van der Waals surface area (Å²) in [6.45, 7) is 5.00. The summed E-state index contributed by atoms with van der Waals surface area (Å²) in [6.07, 6.45) is 0.617. The molecule has 0 radical (unpaired) electrons. The first-order valence-electron chi connectivity index (χ1n) is 10.1. The van der Waals surface area contributed by atoms with E-state index in [0.29, 0.717) is 26.1 Å². The van der Waals surface area contributed by atoms with Crippen molar-refractivity contribution < 1.29 is 14.4 Å². The van der Waals surface area contributed by atoms with Gasteiger partial charge in [-0.3, -0.25) is 14.4 Å². The van der Waals surface area contributed by atoms with E-state index < -0.39 is 11.8 Å². The van der Waals surface area contributed by atoms with Gasteiger partial charge in [-0.15, -0.1) is 11.3 Å². The molecular formula is C22H24N4O3S. The molecule has 0 spiro atoms. The Morgan fingerprint density at radius 1 is 1.10 bits per heavy atom. The maximum absolute atomic E-state index is 13.2. The number of benzene rings is 1. The second-order valence-corrected chi connectivity index (χ2v) is 8.45. The standard InChI is InChI=1S/C22H24N4O3S/c1-3-24-10-11-25(22(29)21(24)28)14-20(27)26-18(16-8-6-15(2)7-9-16)13-17(23-26)19-5-4-12-30-19/h4-9,12,18H,3,10-11,13-14H2,1-2H3/t18-/m1/s1. The predicted molar refractivity (Wildman–Crippen MR) is 115 cm³/mol. The number of carbonyl (C=O) groups is 3. The zero-order valence-corrected chi connectivity index (χ0v) is 17.9. The summed E-state index contributed by atoms with van der Waals surface area (Å²) in [6, 6.07) is 11.8. The third kappa shape index (κ3) is 3.87. The Bertz CT molecular complexity index is 984. The van der Waals surface area contributed by atoms with Crippen LogP contribution in [0.3, 0.4) is 0 Å². The first kappa shape index (κ1) is 20.3. The van der Waals surface area contributed by atoms with E-state index in [-0.39, 0.29) is 18.5 Å². The number of carbonyl (C=O) groups excluding carboxylic acids is 3. The number of thiophene rings is 1. The first-order valence-corrected chi connectivity index (χ1v) is 10.9. The molecule has 2 aromatic rings. The third-order valence-electron chi connectivity index (χ3n) is 5.54. The lowest BCUT2D eigenvalue weighted by Crippen LogP contribution is -2.56. The van der Waals surface area contributed by atoms with Gasteiger partial charge in [-0.05, 0) is 30.9 Å². The maximum atomic E-state index is 13.2. The molecule has 1 atom stereocenters. The van der Waals surface area contributed by atoms with E-state index in [9.17, 15) is 14.4 Å². The zero-order chi connectivity index (χ0) is 21.3. The molecule has 1 aromatic carbocycles. The zero-order valence-electron chi connectivity index (χ0n) is 17.1. The van der Waals surface area contributed by atoms with Crippen LogP contribution >= 0.6 is 11.3 Å². The van der Waals surface area contributed by atoms with Gasteiger partial charge in [0.25, 0.3) is 5.91 Å². The molecule has 0 N–H and O–H groups in total. The number of nitrogens with zero attached hydrogens (tertiary/aromatic N) is 4. The van der Waals surface area contributed by atoms with Crippen LogP contribution < -0.4 is 0 Å². The monoisotopic (exact) mass is 424 g/mol. The van der Waals surface area contributed by atoms with Crippen molar-refractivity contribution in [3.63, 3.8) is 0 Å². The minimum absolute atomic E-state index is 0.147. The Labute approximate surface area is 179 Å². The van der Waals surface area contributed by atoms with Crippen LogP contribution in [-0.4, -0.2) is 64.4 Å². The van der Waals surface area contributed by atoms with Crippen molar-refractivity contribution in [2.75, 3.05) is 26.2 Å². The van der Waals surface area contributed by atoms with Crippen molar-refractivity contribution >= 4 is 34.8 Å². The summed E-state index contributed by atoms with van der Waals surface area (Å²) in [5.74, 6) is -1.45. The molecule has 2 aliphatic rings. The lowest BCUT2D eigenvalue weighted by Gasteiger charge is -2.33. The molecule has 30 heavy (non-hydrogen) atoms. The highest BCUT2D eigenvalue weighted by Crippen LogP contribution is 2.34. The van der Waals surface area contributed by atoms with E-state index >= 15 is 0 Å². The molecule has 1 aromatic heterocycles. The molecular weight excluding hydrogens is 400 g/mol. The van der Waals surface area contributed by atoms with Crippen molar-refractivity contribution in [3.05, 3.63) is 57.8 Å². The van der Waals surface area contributed by atoms with Crippen LogP contribution in [0.2, 0.25) is 0 Å². The lowest BCUT2D eigenvalue weighted by molar-refractivity contribution is -0.157. The number of piperazine rings is 1. The van der Waals surface area contributed by atoms with Gasteiger partial charge in [0.05, 0.1) is 16.6 Å². The van der Waals surface area contributed by atoms with Crippen LogP contribution in [0.5, 0.6) is 0 Å². The van der Waals surface area contributed by atoms with E-state index in [2.05, 4.69) is 5.10 Å². The smallest absolute Gasteiger partial charge is 0.312 e. The molecule has 0 unspecified atom stereocenters. The normalized spacial score (nSPS) is 19.5. The Balaban J connectivity index is 1.56. The summed E-state index contributed by atoms with van der Waals surface area (Å²) >= 11 is 1.59. The van der Waals surface area contributed by atoms with Crippen molar-refractivity contribution in [3.8, 4) is 0 Å².